The van der Waals surface area contributed by atoms with Gasteiger partial charge in [0.1, 0.15) is 23.6 Å². The summed E-state index contributed by atoms with van der Waals surface area (Å²) in [4.78, 5) is 22.4. The Labute approximate surface area is 180 Å². The topological polar surface area (TPSA) is 102 Å². The Hall–Kier alpha value is -3.17. The number of aryl methyl sites for hydroxylation is 2. The lowest BCUT2D eigenvalue weighted by atomic mass is 10.1. The van der Waals surface area contributed by atoms with E-state index in [1.807, 2.05) is 19.1 Å². The number of fused-ring (bicyclic) bond motifs is 1. The molecule has 1 aliphatic heterocycles. The number of ether oxygens (including phenoxy) is 2. The van der Waals surface area contributed by atoms with E-state index in [-0.39, 0.29) is 5.69 Å². The highest BCUT2D eigenvalue weighted by Gasteiger charge is 2.14. The molecule has 2 N–H and O–H groups in total. The molecule has 31 heavy (non-hydrogen) atoms. The average Bonchev–Trinajstić information content (AvgIpc) is 3.13. The van der Waals surface area contributed by atoms with Gasteiger partial charge in [0.2, 0.25) is 0 Å². The highest BCUT2D eigenvalue weighted by molar-refractivity contribution is 5.93. The molecule has 4 rings (SSSR count). The van der Waals surface area contributed by atoms with Gasteiger partial charge in [0, 0.05) is 44.3 Å². The molecule has 164 valence electrons. The van der Waals surface area contributed by atoms with Gasteiger partial charge in [-0.1, -0.05) is 0 Å². The Bertz CT molecular complexity index is 1080. The molecule has 9 nitrogen and oxygen atoms in total. The molecule has 0 atom stereocenters. The van der Waals surface area contributed by atoms with E-state index in [9.17, 15) is 9.90 Å². The van der Waals surface area contributed by atoms with Gasteiger partial charge in [-0.15, -0.1) is 0 Å². The van der Waals surface area contributed by atoms with Crippen LogP contribution in [0.2, 0.25) is 0 Å². The minimum absolute atomic E-state index is 0.199. The molecule has 2 aromatic heterocycles. The van der Waals surface area contributed by atoms with Crippen LogP contribution in [0.15, 0.2) is 30.7 Å². The van der Waals surface area contributed by atoms with Crippen molar-refractivity contribution in [3.8, 4) is 5.75 Å². The van der Waals surface area contributed by atoms with Crippen LogP contribution >= 0.6 is 0 Å². The number of aromatic nitrogens is 3. The zero-order chi connectivity index (χ0) is 21.8. The van der Waals surface area contributed by atoms with Crippen molar-refractivity contribution in [1.29, 1.82) is 0 Å². The van der Waals surface area contributed by atoms with Crippen LogP contribution in [0.5, 0.6) is 5.75 Å². The third-order valence-electron chi connectivity index (χ3n) is 5.40. The van der Waals surface area contributed by atoms with Crippen molar-refractivity contribution in [2.24, 2.45) is 7.05 Å². The van der Waals surface area contributed by atoms with Crippen LogP contribution in [0.1, 0.15) is 22.5 Å². The smallest absolute Gasteiger partial charge is 0.352 e. The van der Waals surface area contributed by atoms with Gasteiger partial charge in [-0.3, -0.25) is 4.90 Å². The van der Waals surface area contributed by atoms with Crippen LogP contribution < -0.4 is 10.1 Å². The van der Waals surface area contributed by atoms with E-state index in [2.05, 4.69) is 20.2 Å². The van der Waals surface area contributed by atoms with Crippen LogP contribution in [0.4, 0.5) is 11.5 Å². The highest BCUT2D eigenvalue weighted by Crippen LogP contribution is 2.30. The molecule has 0 spiro atoms. The van der Waals surface area contributed by atoms with E-state index in [0.29, 0.717) is 18.1 Å². The number of hydrogen-bond acceptors (Lipinski definition) is 7. The number of hydrogen-bond donors (Lipinski definition) is 2. The second kappa shape index (κ2) is 9.32. The average molecular weight is 425 g/mol. The normalized spacial score (nSPS) is 14.6. The Morgan fingerprint density at radius 1 is 1.26 bits per heavy atom. The molecule has 9 heteroatoms. The van der Waals surface area contributed by atoms with Gasteiger partial charge < -0.3 is 24.5 Å². The molecule has 0 aliphatic carbocycles. The minimum Gasteiger partial charge on any atom is -0.493 e. The molecule has 0 unspecified atom stereocenters. The summed E-state index contributed by atoms with van der Waals surface area (Å²) in [5, 5.41) is 13.3. The standard InChI is InChI=1S/C22H27N5O4/c1-15-10-17-18(12-20(15)31-7-3-4-27-5-8-30-9-6-27)23-14-24-21(17)25-16-11-19(22(28)29)26(2)13-16/h10-14H,3-9H2,1-2H3,(H,28,29)(H,23,24,25). The Balaban J connectivity index is 1.45. The van der Waals surface area contributed by atoms with E-state index in [1.54, 1.807) is 23.9 Å². The van der Waals surface area contributed by atoms with Crippen LogP contribution in [-0.4, -0.2) is 70.0 Å². The lowest BCUT2D eigenvalue weighted by Crippen LogP contribution is -2.37. The quantitative estimate of drug-likeness (QED) is 0.531. The maximum atomic E-state index is 11.3. The lowest BCUT2D eigenvalue weighted by Gasteiger charge is -2.26. The van der Waals surface area contributed by atoms with Crippen LogP contribution in [0, 0.1) is 6.92 Å². The van der Waals surface area contributed by atoms with Crippen molar-refractivity contribution in [2.75, 3.05) is 44.8 Å². The molecule has 1 saturated heterocycles. The first-order valence-electron chi connectivity index (χ1n) is 10.4. The maximum absolute atomic E-state index is 11.3. The fraction of sp³-hybridized carbons (Fsp3) is 0.409. The number of anilines is 2. The predicted octanol–water partition coefficient (Wildman–Crippen LogP) is 2.82. The predicted molar refractivity (Wildman–Crippen MR) is 117 cm³/mol. The molecule has 0 saturated carbocycles. The van der Waals surface area contributed by atoms with Gasteiger partial charge >= 0.3 is 5.97 Å². The number of carbonyl (C=O) groups is 1. The van der Waals surface area contributed by atoms with Crippen LogP contribution in [0.25, 0.3) is 10.9 Å². The second-order valence-electron chi connectivity index (χ2n) is 7.67. The second-order valence-corrected chi connectivity index (χ2v) is 7.67. The maximum Gasteiger partial charge on any atom is 0.352 e. The van der Waals surface area contributed by atoms with Gasteiger partial charge in [0.25, 0.3) is 0 Å². The van der Waals surface area contributed by atoms with Crippen molar-refractivity contribution in [1.82, 2.24) is 19.4 Å². The van der Waals surface area contributed by atoms with Crippen molar-refractivity contribution in [2.45, 2.75) is 13.3 Å². The summed E-state index contributed by atoms with van der Waals surface area (Å²) in [6.45, 7) is 7.22. The zero-order valence-corrected chi connectivity index (χ0v) is 17.8. The third kappa shape index (κ3) is 4.95. The zero-order valence-electron chi connectivity index (χ0n) is 17.8. The van der Waals surface area contributed by atoms with Gasteiger partial charge in [-0.05, 0) is 31.0 Å². The van der Waals surface area contributed by atoms with E-state index >= 15 is 0 Å². The Kier molecular flexibility index (Phi) is 6.34. The monoisotopic (exact) mass is 425 g/mol. The SMILES string of the molecule is Cc1cc2c(Nc3cc(C(=O)O)n(C)c3)ncnc2cc1OCCCN1CCOCC1. The van der Waals surface area contributed by atoms with E-state index in [4.69, 9.17) is 9.47 Å². The first-order valence-corrected chi connectivity index (χ1v) is 10.4. The number of morpholine rings is 1. The summed E-state index contributed by atoms with van der Waals surface area (Å²) < 4.78 is 13.0. The minimum atomic E-state index is -0.977. The number of rotatable bonds is 8. The summed E-state index contributed by atoms with van der Waals surface area (Å²) >= 11 is 0. The Morgan fingerprint density at radius 3 is 2.81 bits per heavy atom. The number of carboxylic acids is 1. The first kappa shape index (κ1) is 21.1. The third-order valence-corrected chi connectivity index (χ3v) is 5.40. The number of nitrogens with zero attached hydrogens (tertiary/aromatic N) is 4. The number of benzene rings is 1. The van der Waals surface area contributed by atoms with Crippen LogP contribution in [-0.2, 0) is 11.8 Å². The summed E-state index contributed by atoms with van der Waals surface area (Å²) in [5.41, 5.74) is 2.61. The Morgan fingerprint density at radius 2 is 2.06 bits per heavy atom. The highest BCUT2D eigenvalue weighted by atomic mass is 16.5. The molecule has 3 aromatic rings. The van der Waals surface area contributed by atoms with Crippen molar-refractivity contribution in [3.63, 3.8) is 0 Å². The van der Waals surface area contributed by atoms with E-state index in [1.165, 1.54) is 6.33 Å². The lowest BCUT2D eigenvalue weighted by molar-refractivity contribution is 0.0358. The fourth-order valence-electron chi connectivity index (χ4n) is 3.72. The molecule has 0 bridgehead atoms. The molecule has 1 aliphatic rings. The van der Waals surface area contributed by atoms with Gasteiger partial charge in [-0.25, -0.2) is 14.8 Å². The molecule has 0 amide bonds. The van der Waals surface area contributed by atoms with Gasteiger partial charge in [-0.2, -0.15) is 0 Å². The van der Waals surface area contributed by atoms with Crippen LogP contribution in [0.3, 0.4) is 0 Å². The summed E-state index contributed by atoms with van der Waals surface area (Å²) in [7, 11) is 1.69. The number of nitrogens with one attached hydrogen (secondary N) is 1. The molecule has 1 aromatic carbocycles. The largest absolute Gasteiger partial charge is 0.493 e. The van der Waals surface area contributed by atoms with E-state index < -0.39 is 5.97 Å². The summed E-state index contributed by atoms with van der Waals surface area (Å²) in [6.07, 6.45) is 4.16. The van der Waals surface area contributed by atoms with Crippen molar-refractivity contribution < 1.29 is 19.4 Å². The number of aromatic carboxylic acids is 1. The molecule has 3 heterocycles. The molecule has 0 radical (unpaired) electrons. The molecular weight excluding hydrogens is 398 g/mol. The molecular formula is C22H27N5O4. The summed E-state index contributed by atoms with van der Waals surface area (Å²) in [6, 6.07) is 5.50. The summed E-state index contributed by atoms with van der Waals surface area (Å²) in [5.74, 6) is 0.454. The van der Waals surface area contributed by atoms with E-state index in [0.717, 1.165) is 61.5 Å². The number of carboxylic acid groups (broad SMARTS) is 1. The van der Waals surface area contributed by atoms with Gasteiger partial charge in [0.05, 0.1) is 31.0 Å². The first-order chi connectivity index (χ1) is 15.0. The van der Waals surface area contributed by atoms with Crippen molar-refractivity contribution >= 4 is 28.4 Å². The van der Waals surface area contributed by atoms with Crippen molar-refractivity contribution in [3.05, 3.63) is 42.0 Å². The van der Waals surface area contributed by atoms with Gasteiger partial charge in [0.15, 0.2) is 0 Å². The fourth-order valence-corrected chi connectivity index (χ4v) is 3.72. The molecule has 1 fully saturated rings.